The van der Waals surface area contributed by atoms with E-state index in [1.54, 1.807) is 6.07 Å². The minimum atomic E-state index is -1.44. The molecule has 3 rings (SSSR count). The highest BCUT2D eigenvalue weighted by atomic mass is 16.5. The molecular formula is C20H16NO6-. The van der Waals surface area contributed by atoms with Gasteiger partial charge in [-0.15, -0.1) is 0 Å². The van der Waals surface area contributed by atoms with Crippen LogP contribution in [0.25, 0.3) is 0 Å². The number of amides is 2. The number of hydrogen-bond donors (Lipinski definition) is 0. The number of hydrogen-bond acceptors (Lipinski definition) is 6. The van der Waals surface area contributed by atoms with Gasteiger partial charge in [0.25, 0.3) is 11.8 Å². The van der Waals surface area contributed by atoms with E-state index < -0.39 is 23.8 Å². The topological polar surface area (TPSA) is 104 Å². The average Bonchev–Trinajstić information content (AvgIpc) is 2.92. The van der Waals surface area contributed by atoms with Crippen molar-refractivity contribution in [1.82, 2.24) is 0 Å². The highest BCUT2D eigenvalue weighted by molar-refractivity contribution is 6.34. The van der Waals surface area contributed by atoms with E-state index in [1.807, 2.05) is 6.92 Å². The summed E-state index contributed by atoms with van der Waals surface area (Å²) in [6, 6.07) is 9.60. The lowest BCUT2D eigenvalue weighted by molar-refractivity contribution is -0.255. The van der Waals surface area contributed by atoms with Gasteiger partial charge in [-0.05, 0) is 42.3 Å². The van der Waals surface area contributed by atoms with E-state index in [1.165, 1.54) is 30.3 Å². The lowest BCUT2D eigenvalue weighted by atomic mass is 10.1. The maximum atomic E-state index is 12.7. The Balaban J connectivity index is 1.90. The van der Waals surface area contributed by atoms with Gasteiger partial charge in [-0.2, -0.15) is 0 Å². The first-order valence-corrected chi connectivity index (χ1v) is 8.45. The van der Waals surface area contributed by atoms with Crippen molar-refractivity contribution in [2.45, 2.75) is 19.8 Å². The third kappa shape index (κ3) is 3.44. The van der Waals surface area contributed by atoms with E-state index in [0.29, 0.717) is 6.61 Å². The summed E-state index contributed by atoms with van der Waals surface area (Å²) in [5.74, 6) is -3.22. The monoisotopic (exact) mass is 366 g/mol. The maximum absolute atomic E-state index is 12.7. The van der Waals surface area contributed by atoms with E-state index in [-0.39, 0.29) is 27.9 Å². The second-order valence-corrected chi connectivity index (χ2v) is 6.03. The van der Waals surface area contributed by atoms with Gasteiger partial charge in [0, 0.05) is 0 Å². The highest BCUT2D eigenvalue weighted by Gasteiger charge is 2.37. The van der Waals surface area contributed by atoms with Crippen molar-refractivity contribution in [2.24, 2.45) is 0 Å². The third-order valence-electron chi connectivity index (χ3n) is 4.19. The molecule has 0 radical (unpaired) electrons. The van der Waals surface area contributed by atoms with E-state index >= 15 is 0 Å². The maximum Gasteiger partial charge on any atom is 0.338 e. The Labute approximate surface area is 155 Å². The van der Waals surface area contributed by atoms with Crippen LogP contribution in [0, 0.1) is 0 Å². The number of unbranched alkanes of at least 4 members (excludes halogenated alkanes) is 1. The second kappa shape index (κ2) is 7.41. The van der Waals surface area contributed by atoms with Crippen LogP contribution in [-0.4, -0.2) is 30.4 Å². The first kappa shape index (κ1) is 18.3. The van der Waals surface area contributed by atoms with Gasteiger partial charge in [-0.3, -0.25) is 9.59 Å². The number of rotatable bonds is 6. The standard InChI is InChI=1S/C20H17NO6/c1-2-3-9-27-20(26)13-5-4-6-14(10-13)21-17(22)15-8-7-12(19(24)25)11-16(15)18(21)23/h4-8,10-11H,2-3,9H2,1H3,(H,24,25)/p-1. The SMILES string of the molecule is CCCCOC(=O)c1cccc(N2C(=O)c3ccc(C(=O)[O-])cc3C2=O)c1. The van der Waals surface area contributed by atoms with Gasteiger partial charge < -0.3 is 14.6 Å². The zero-order valence-electron chi connectivity index (χ0n) is 14.6. The van der Waals surface area contributed by atoms with Crippen LogP contribution in [0.1, 0.15) is 61.2 Å². The normalized spacial score (nSPS) is 12.9. The average molecular weight is 366 g/mol. The van der Waals surface area contributed by atoms with Gasteiger partial charge in [-0.25, -0.2) is 9.69 Å². The molecule has 138 valence electrons. The van der Waals surface area contributed by atoms with Gasteiger partial charge in [0.1, 0.15) is 0 Å². The predicted molar refractivity (Wildman–Crippen MR) is 93.5 cm³/mol. The molecule has 27 heavy (non-hydrogen) atoms. The third-order valence-corrected chi connectivity index (χ3v) is 4.19. The second-order valence-electron chi connectivity index (χ2n) is 6.03. The number of nitrogens with zero attached hydrogens (tertiary/aromatic N) is 1. The number of benzene rings is 2. The van der Waals surface area contributed by atoms with Gasteiger partial charge in [0.2, 0.25) is 0 Å². The molecule has 0 unspecified atom stereocenters. The summed E-state index contributed by atoms with van der Waals surface area (Å²) in [5.41, 5.74) is 0.320. The van der Waals surface area contributed by atoms with Crippen LogP contribution in [-0.2, 0) is 4.74 Å². The minimum Gasteiger partial charge on any atom is -0.545 e. The van der Waals surface area contributed by atoms with Crippen LogP contribution in [0.3, 0.4) is 0 Å². The van der Waals surface area contributed by atoms with Crippen molar-refractivity contribution in [3.8, 4) is 0 Å². The van der Waals surface area contributed by atoms with Crippen LogP contribution in [0.4, 0.5) is 5.69 Å². The molecule has 0 N–H and O–H groups in total. The fourth-order valence-electron chi connectivity index (χ4n) is 2.77. The molecule has 1 aliphatic heterocycles. The van der Waals surface area contributed by atoms with Crippen molar-refractivity contribution in [2.75, 3.05) is 11.5 Å². The molecule has 0 saturated carbocycles. The van der Waals surface area contributed by atoms with E-state index in [4.69, 9.17) is 4.74 Å². The lowest BCUT2D eigenvalue weighted by Crippen LogP contribution is -2.29. The van der Waals surface area contributed by atoms with Crippen LogP contribution >= 0.6 is 0 Å². The van der Waals surface area contributed by atoms with E-state index in [9.17, 15) is 24.3 Å². The Morgan fingerprint density at radius 2 is 1.74 bits per heavy atom. The van der Waals surface area contributed by atoms with Gasteiger partial charge >= 0.3 is 5.97 Å². The Morgan fingerprint density at radius 1 is 1.00 bits per heavy atom. The molecule has 0 fully saturated rings. The van der Waals surface area contributed by atoms with Gasteiger partial charge in [-0.1, -0.05) is 25.5 Å². The van der Waals surface area contributed by atoms with E-state index in [2.05, 4.69) is 0 Å². The van der Waals surface area contributed by atoms with Gasteiger partial charge in [0.05, 0.1) is 35.0 Å². The lowest BCUT2D eigenvalue weighted by Gasteiger charge is -2.14. The number of carboxylic acids is 1. The number of esters is 1. The number of carbonyl (C=O) groups is 4. The quantitative estimate of drug-likeness (QED) is 0.439. The summed E-state index contributed by atoms with van der Waals surface area (Å²) in [6.45, 7) is 2.27. The summed E-state index contributed by atoms with van der Waals surface area (Å²) >= 11 is 0. The molecule has 2 aromatic rings. The molecule has 0 atom stereocenters. The molecule has 1 heterocycles. The predicted octanol–water partition coefficient (Wildman–Crippen LogP) is 1.81. The molecule has 2 aromatic carbocycles. The fourth-order valence-corrected chi connectivity index (χ4v) is 2.77. The molecule has 7 heteroatoms. The smallest absolute Gasteiger partial charge is 0.338 e. The van der Waals surface area contributed by atoms with Crippen LogP contribution < -0.4 is 10.0 Å². The highest BCUT2D eigenvalue weighted by Crippen LogP contribution is 2.29. The van der Waals surface area contributed by atoms with E-state index in [0.717, 1.165) is 23.8 Å². The van der Waals surface area contributed by atoms with Crippen molar-refractivity contribution < 1.29 is 29.0 Å². The Morgan fingerprint density at radius 3 is 2.44 bits per heavy atom. The molecule has 0 spiro atoms. The Hall–Kier alpha value is -3.48. The summed E-state index contributed by atoms with van der Waals surface area (Å²) in [7, 11) is 0. The zero-order valence-corrected chi connectivity index (χ0v) is 14.6. The van der Waals surface area contributed by atoms with Crippen LogP contribution in [0.2, 0.25) is 0 Å². The molecule has 7 nitrogen and oxygen atoms in total. The number of anilines is 1. The molecule has 0 aliphatic carbocycles. The molecular weight excluding hydrogens is 350 g/mol. The minimum absolute atomic E-state index is 0.0161. The van der Waals surface area contributed by atoms with Gasteiger partial charge in [0.15, 0.2) is 0 Å². The first-order valence-electron chi connectivity index (χ1n) is 8.45. The first-order chi connectivity index (χ1) is 12.9. The summed E-state index contributed by atoms with van der Waals surface area (Å²) in [6.07, 6.45) is 1.63. The zero-order chi connectivity index (χ0) is 19.6. The van der Waals surface area contributed by atoms with Crippen LogP contribution in [0.5, 0.6) is 0 Å². The summed E-state index contributed by atoms with van der Waals surface area (Å²) in [4.78, 5) is 49.3. The van der Waals surface area contributed by atoms with Crippen molar-refractivity contribution in [3.63, 3.8) is 0 Å². The number of imide groups is 1. The van der Waals surface area contributed by atoms with Crippen LogP contribution in [0.15, 0.2) is 42.5 Å². The number of carboxylic acid groups (broad SMARTS) is 1. The Bertz CT molecular complexity index is 949. The molecule has 0 bridgehead atoms. The number of carbonyl (C=O) groups excluding carboxylic acids is 4. The fraction of sp³-hybridized carbons (Fsp3) is 0.200. The summed E-state index contributed by atoms with van der Waals surface area (Å²) < 4.78 is 5.14. The van der Waals surface area contributed by atoms with Crippen molar-refractivity contribution in [1.29, 1.82) is 0 Å². The number of aromatic carboxylic acids is 1. The molecule has 2 amide bonds. The number of fused-ring (bicyclic) bond motifs is 1. The largest absolute Gasteiger partial charge is 0.545 e. The summed E-state index contributed by atoms with van der Waals surface area (Å²) in [5, 5.41) is 11.0. The van der Waals surface area contributed by atoms with Crippen molar-refractivity contribution in [3.05, 3.63) is 64.7 Å². The molecule has 0 saturated heterocycles. The molecule has 0 aromatic heterocycles. The molecule has 1 aliphatic rings. The number of ether oxygens (including phenoxy) is 1. The van der Waals surface area contributed by atoms with Crippen molar-refractivity contribution >= 4 is 29.4 Å². The Kier molecular flexibility index (Phi) is 5.03.